The summed E-state index contributed by atoms with van der Waals surface area (Å²) in [6.45, 7) is 5.49. The molecule has 0 aromatic rings. The molecule has 25 heavy (non-hydrogen) atoms. The maximum atomic E-state index is 10.1. The van der Waals surface area contributed by atoms with E-state index >= 15 is 0 Å². The summed E-state index contributed by atoms with van der Waals surface area (Å²) in [6.07, 6.45) is 16.0. The molecule has 4 aliphatic rings. The lowest BCUT2D eigenvalue weighted by Crippen LogP contribution is -2.50. The fourth-order valence-electron chi connectivity index (χ4n) is 7.73. The Labute approximate surface area is 154 Å². The van der Waals surface area contributed by atoms with Gasteiger partial charge in [-0.1, -0.05) is 31.9 Å². The Hall–Kier alpha value is -0.340. The van der Waals surface area contributed by atoms with Crippen molar-refractivity contribution >= 4 is 0 Å². The van der Waals surface area contributed by atoms with Crippen LogP contribution in [-0.2, 0) is 0 Å². The van der Waals surface area contributed by atoms with Crippen molar-refractivity contribution < 1.29 is 10.2 Å². The van der Waals surface area contributed by atoms with Crippen LogP contribution in [0.2, 0.25) is 0 Å². The average molecular weight is 347 g/mol. The van der Waals surface area contributed by atoms with Gasteiger partial charge in [0.2, 0.25) is 0 Å². The number of hydrogen-bond donors (Lipinski definition) is 2. The summed E-state index contributed by atoms with van der Waals surface area (Å²) in [5, 5.41) is 19.3. The van der Waals surface area contributed by atoms with Gasteiger partial charge in [-0.15, -0.1) is 0 Å². The van der Waals surface area contributed by atoms with Crippen molar-refractivity contribution in [3.05, 3.63) is 11.6 Å². The lowest BCUT2D eigenvalue weighted by Gasteiger charge is -2.58. The number of rotatable bonds is 4. The Morgan fingerprint density at radius 1 is 1.04 bits per heavy atom. The first-order chi connectivity index (χ1) is 12.0. The minimum Gasteiger partial charge on any atom is -0.396 e. The third-order valence-electron chi connectivity index (χ3n) is 9.23. The van der Waals surface area contributed by atoms with Gasteiger partial charge < -0.3 is 10.2 Å². The van der Waals surface area contributed by atoms with Crippen LogP contribution in [0.3, 0.4) is 0 Å². The van der Waals surface area contributed by atoms with E-state index in [0.717, 1.165) is 42.9 Å². The van der Waals surface area contributed by atoms with E-state index in [1.54, 1.807) is 5.57 Å². The summed E-state index contributed by atoms with van der Waals surface area (Å²) < 4.78 is 0. The van der Waals surface area contributed by atoms with E-state index in [1.807, 2.05) is 0 Å². The third kappa shape index (κ3) is 2.83. The summed E-state index contributed by atoms with van der Waals surface area (Å²) >= 11 is 0. The lowest BCUT2D eigenvalue weighted by atomic mass is 9.47. The van der Waals surface area contributed by atoms with Crippen molar-refractivity contribution in [2.75, 3.05) is 6.61 Å². The maximum Gasteiger partial charge on any atom is 0.0577 e. The minimum atomic E-state index is -0.0906. The zero-order valence-corrected chi connectivity index (χ0v) is 16.3. The zero-order chi connectivity index (χ0) is 17.7. The highest BCUT2D eigenvalue weighted by atomic mass is 16.3. The van der Waals surface area contributed by atoms with E-state index in [0.29, 0.717) is 17.4 Å². The third-order valence-corrected chi connectivity index (χ3v) is 9.23. The molecule has 0 heterocycles. The second-order valence-electron chi connectivity index (χ2n) is 10.2. The molecule has 3 fully saturated rings. The van der Waals surface area contributed by atoms with Gasteiger partial charge in [-0.2, -0.15) is 0 Å². The first-order valence-corrected chi connectivity index (χ1v) is 11.0. The predicted molar refractivity (Wildman–Crippen MR) is 102 cm³/mol. The highest BCUT2D eigenvalue weighted by molar-refractivity contribution is 5.25. The summed E-state index contributed by atoms with van der Waals surface area (Å²) in [7, 11) is 0. The van der Waals surface area contributed by atoms with Crippen LogP contribution in [0.4, 0.5) is 0 Å². The molecule has 3 saturated carbocycles. The monoisotopic (exact) mass is 346 g/mol. The molecule has 0 aliphatic heterocycles. The van der Waals surface area contributed by atoms with E-state index in [-0.39, 0.29) is 6.10 Å². The molecule has 7 atom stereocenters. The Kier molecular flexibility index (Phi) is 4.82. The smallest absolute Gasteiger partial charge is 0.0577 e. The number of unbranched alkanes of at least 4 members (excludes halogenated alkanes) is 1. The molecule has 0 aromatic carbocycles. The van der Waals surface area contributed by atoms with Gasteiger partial charge in [-0.25, -0.2) is 0 Å². The highest BCUT2D eigenvalue weighted by Crippen LogP contribution is 2.66. The summed E-state index contributed by atoms with van der Waals surface area (Å²) in [4.78, 5) is 0. The molecule has 2 N–H and O–H groups in total. The van der Waals surface area contributed by atoms with Crippen LogP contribution in [0.1, 0.15) is 84.5 Å². The van der Waals surface area contributed by atoms with Crippen molar-refractivity contribution in [3.8, 4) is 0 Å². The number of hydrogen-bond acceptors (Lipinski definition) is 2. The second kappa shape index (κ2) is 6.68. The van der Waals surface area contributed by atoms with Gasteiger partial charge in [-0.3, -0.25) is 0 Å². The van der Waals surface area contributed by atoms with Crippen molar-refractivity contribution in [1.29, 1.82) is 0 Å². The van der Waals surface area contributed by atoms with Crippen molar-refractivity contribution in [2.45, 2.75) is 90.6 Å². The van der Waals surface area contributed by atoms with Crippen LogP contribution in [0.15, 0.2) is 11.6 Å². The summed E-state index contributed by atoms with van der Waals surface area (Å²) in [5.41, 5.74) is 2.51. The van der Waals surface area contributed by atoms with Gasteiger partial charge in [0.15, 0.2) is 0 Å². The summed E-state index contributed by atoms with van der Waals surface area (Å²) in [6, 6.07) is 0. The molecule has 0 unspecified atom stereocenters. The molecular formula is C23H38O2. The largest absolute Gasteiger partial charge is 0.396 e. The molecule has 0 spiro atoms. The highest BCUT2D eigenvalue weighted by Gasteiger charge is 2.58. The Morgan fingerprint density at radius 3 is 2.68 bits per heavy atom. The average Bonchev–Trinajstić information content (AvgIpc) is 2.92. The van der Waals surface area contributed by atoms with E-state index in [1.165, 1.54) is 51.4 Å². The van der Waals surface area contributed by atoms with Gasteiger partial charge in [-0.05, 0) is 98.7 Å². The predicted octanol–water partition coefficient (Wildman–Crippen LogP) is 5.09. The van der Waals surface area contributed by atoms with Gasteiger partial charge in [0.25, 0.3) is 0 Å². The molecule has 4 rings (SSSR count). The van der Waals surface area contributed by atoms with Gasteiger partial charge in [0.1, 0.15) is 0 Å². The Bertz CT molecular complexity index is 526. The quantitative estimate of drug-likeness (QED) is 0.550. The molecule has 4 aliphatic carbocycles. The first-order valence-electron chi connectivity index (χ1n) is 11.0. The van der Waals surface area contributed by atoms with Crippen molar-refractivity contribution in [2.24, 2.45) is 34.5 Å². The molecule has 2 nitrogen and oxygen atoms in total. The van der Waals surface area contributed by atoms with Crippen LogP contribution >= 0.6 is 0 Å². The molecular weight excluding hydrogens is 308 g/mol. The van der Waals surface area contributed by atoms with Crippen molar-refractivity contribution in [3.63, 3.8) is 0 Å². The van der Waals surface area contributed by atoms with E-state index in [9.17, 15) is 5.11 Å². The normalized spacial score (nSPS) is 49.1. The van der Waals surface area contributed by atoms with Crippen LogP contribution in [0, 0.1) is 34.5 Å². The Morgan fingerprint density at radius 2 is 1.88 bits per heavy atom. The zero-order valence-electron chi connectivity index (χ0n) is 16.3. The standard InChI is InChI=1S/C23H38O2/c1-22-13-11-21-19(20(22)9-7-16(22)5-3-4-14-24)8-6-17-15-18(25)10-12-23(17,21)2/h6,16,18-21,24-25H,3-5,7-15H2,1-2H3/t16-,18-,19-,20-,21-,22+,23-/m0/s1. The number of fused-ring (bicyclic) bond motifs is 5. The van der Waals surface area contributed by atoms with E-state index in [2.05, 4.69) is 19.9 Å². The fourth-order valence-corrected chi connectivity index (χ4v) is 7.73. The van der Waals surface area contributed by atoms with Crippen LogP contribution < -0.4 is 0 Å². The SMILES string of the molecule is C[C@]12CC[C@H]3[C@@H](CC=C4C[C@@H](O)CC[C@@]43C)[C@@H]1CC[C@@H]2CCCCO. The summed E-state index contributed by atoms with van der Waals surface area (Å²) in [5.74, 6) is 3.53. The number of aliphatic hydroxyl groups is 2. The van der Waals surface area contributed by atoms with E-state index in [4.69, 9.17) is 5.11 Å². The molecule has 142 valence electrons. The molecule has 2 heteroatoms. The Balaban J connectivity index is 1.54. The minimum absolute atomic E-state index is 0.0906. The molecule has 0 amide bonds. The topological polar surface area (TPSA) is 40.5 Å². The molecule has 0 bridgehead atoms. The van der Waals surface area contributed by atoms with Gasteiger partial charge in [0, 0.05) is 6.61 Å². The maximum absolute atomic E-state index is 10.1. The van der Waals surface area contributed by atoms with Gasteiger partial charge in [0.05, 0.1) is 6.10 Å². The lowest BCUT2D eigenvalue weighted by molar-refractivity contribution is -0.0509. The first kappa shape index (κ1) is 18.0. The van der Waals surface area contributed by atoms with Crippen LogP contribution in [0.25, 0.3) is 0 Å². The van der Waals surface area contributed by atoms with Crippen LogP contribution in [0.5, 0.6) is 0 Å². The molecule has 0 saturated heterocycles. The number of aliphatic hydroxyl groups excluding tert-OH is 2. The molecule has 0 aromatic heterocycles. The number of allylic oxidation sites excluding steroid dienone is 1. The second-order valence-corrected chi connectivity index (χ2v) is 10.2. The molecule has 0 radical (unpaired) electrons. The fraction of sp³-hybridized carbons (Fsp3) is 0.913. The van der Waals surface area contributed by atoms with Gasteiger partial charge >= 0.3 is 0 Å². The van der Waals surface area contributed by atoms with Crippen molar-refractivity contribution in [1.82, 2.24) is 0 Å². The van der Waals surface area contributed by atoms with Crippen LogP contribution in [-0.4, -0.2) is 22.9 Å². The van der Waals surface area contributed by atoms with E-state index < -0.39 is 0 Å².